The third-order valence-electron chi connectivity index (χ3n) is 13.7. The molecule has 6 nitrogen and oxygen atoms in total. The van der Waals surface area contributed by atoms with Gasteiger partial charge in [0.05, 0.1) is 36.9 Å². The molecular formula is C31H50O6. The summed E-state index contributed by atoms with van der Waals surface area (Å²) in [6.45, 7) is 12.9. The van der Waals surface area contributed by atoms with Crippen LogP contribution in [0.3, 0.4) is 0 Å². The van der Waals surface area contributed by atoms with Crippen LogP contribution in [-0.4, -0.2) is 57.9 Å². The third kappa shape index (κ3) is 3.16. The van der Waals surface area contributed by atoms with Crippen molar-refractivity contribution in [1.29, 1.82) is 0 Å². The van der Waals surface area contributed by atoms with E-state index in [1.54, 1.807) is 0 Å². The molecule has 0 amide bonds. The second-order valence-corrected chi connectivity index (χ2v) is 14.9. The van der Waals surface area contributed by atoms with Crippen LogP contribution in [-0.2, 0) is 9.53 Å². The molecule has 0 spiro atoms. The number of fused-ring (bicyclic) bond motifs is 7. The van der Waals surface area contributed by atoms with E-state index in [0.29, 0.717) is 12.8 Å². The summed E-state index contributed by atoms with van der Waals surface area (Å²) < 4.78 is 5.41. The number of hydrogen-bond acceptors (Lipinski definition) is 6. The fourth-order valence-electron chi connectivity index (χ4n) is 11.2. The molecule has 0 aliphatic heterocycles. The molecule has 5 aliphatic carbocycles. The standard InChI is InChI=1S/C31H50O6/c1-18-10-13-31(25(35)37-7)15-14-28(4)19(23(31)30(18,6)36)8-9-22-26(2)16-20(33)24(34)27(3,17-32)21(26)11-12-29(22,28)5/h8,18,20-24,32-34,36H,9-17H2,1-7H3/t18-,20-,21-,22-,23-,24+,26+,27+,28-,29-,30-,31+/m1/s1. The van der Waals surface area contributed by atoms with E-state index >= 15 is 0 Å². The molecule has 4 saturated carbocycles. The lowest BCUT2D eigenvalue weighted by molar-refractivity contribution is -0.247. The number of carbonyl (C=O) groups excluding carboxylic acids is 1. The van der Waals surface area contributed by atoms with Crippen molar-refractivity contribution in [3.63, 3.8) is 0 Å². The van der Waals surface area contributed by atoms with E-state index in [4.69, 9.17) is 4.74 Å². The Morgan fingerprint density at radius 2 is 1.70 bits per heavy atom. The van der Waals surface area contributed by atoms with Gasteiger partial charge in [0.1, 0.15) is 0 Å². The van der Waals surface area contributed by atoms with E-state index in [1.165, 1.54) is 12.7 Å². The van der Waals surface area contributed by atoms with Gasteiger partial charge in [-0.05, 0) is 92.3 Å². The molecular weight excluding hydrogens is 468 g/mol. The van der Waals surface area contributed by atoms with E-state index in [0.717, 1.165) is 38.5 Å². The predicted molar refractivity (Wildman–Crippen MR) is 141 cm³/mol. The smallest absolute Gasteiger partial charge is 0.312 e. The van der Waals surface area contributed by atoms with Crippen molar-refractivity contribution in [3.8, 4) is 0 Å². The van der Waals surface area contributed by atoms with Gasteiger partial charge in [-0.2, -0.15) is 0 Å². The van der Waals surface area contributed by atoms with Gasteiger partial charge in [0.15, 0.2) is 0 Å². The Balaban J connectivity index is 1.65. The van der Waals surface area contributed by atoms with Gasteiger partial charge in [-0.1, -0.05) is 46.3 Å². The maximum absolute atomic E-state index is 13.4. The largest absolute Gasteiger partial charge is 0.469 e. The summed E-state index contributed by atoms with van der Waals surface area (Å²) in [5.74, 6) is -0.0105. The van der Waals surface area contributed by atoms with Gasteiger partial charge in [0.25, 0.3) is 0 Å². The van der Waals surface area contributed by atoms with Crippen LogP contribution in [0.5, 0.6) is 0 Å². The fraction of sp³-hybridized carbons (Fsp3) is 0.903. The molecule has 0 aromatic rings. The lowest BCUT2D eigenvalue weighted by Crippen LogP contribution is -2.69. The Hall–Kier alpha value is -0.950. The lowest BCUT2D eigenvalue weighted by atomic mass is 9.33. The normalized spacial score (nSPS) is 57.2. The van der Waals surface area contributed by atoms with Crippen LogP contribution in [0.15, 0.2) is 11.6 Å². The van der Waals surface area contributed by atoms with Crippen molar-refractivity contribution in [2.75, 3.05) is 13.7 Å². The van der Waals surface area contributed by atoms with Gasteiger partial charge in [0, 0.05) is 11.3 Å². The van der Waals surface area contributed by atoms with Crippen LogP contribution in [0.4, 0.5) is 0 Å². The number of aliphatic hydroxyl groups is 4. The number of allylic oxidation sites excluding steroid dienone is 1. The number of esters is 1. The average molecular weight is 519 g/mol. The molecule has 0 aromatic heterocycles. The Bertz CT molecular complexity index is 990. The summed E-state index contributed by atoms with van der Waals surface area (Å²) in [5.41, 5.74) is -1.75. The molecule has 5 aliphatic rings. The Kier molecular flexibility index (Phi) is 6.18. The second kappa shape index (κ2) is 8.28. The van der Waals surface area contributed by atoms with Crippen molar-refractivity contribution >= 4 is 5.97 Å². The van der Waals surface area contributed by atoms with Crippen molar-refractivity contribution in [1.82, 2.24) is 0 Å². The number of methoxy groups -OCH3 is 1. The molecule has 0 unspecified atom stereocenters. The highest BCUT2D eigenvalue weighted by Gasteiger charge is 2.72. The number of rotatable bonds is 2. The maximum Gasteiger partial charge on any atom is 0.312 e. The van der Waals surface area contributed by atoms with Crippen molar-refractivity contribution in [3.05, 3.63) is 11.6 Å². The molecule has 4 N–H and O–H groups in total. The van der Waals surface area contributed by atoms with Crippen molar-refractivity contribution < 1.29 is 30.0 Å². The predicted octanol–water partition coefficient (Wildman–Crippen LogP) is 4.24. The monoisotopic (exact) mass is 518 g/mol. The average Bonchev–Trinajstić information content (AvgIpc) is 2.84. The molecule has 6 heteroatoms. The lowest BCUT2D eigenvalue weighted by Gasteiger charge is -2.72. The van der Waals surface area contributed by atoms with Gasteiger partial charge in [-0.3, -0.25) is 4.79 Å². The summed E-state index contributed by atoms with van der Waals surface area (Å²) in [6, 6.07) is 0. The van der Waals surface area contributed by atoms with Gasteiger partial charge >= 0.3 is 5.97 Å². The summed E-state index contributed by atoms with van der Waals surface area (Å²) >= 11 is 0. The number of ether oxygens (including phenoxy) is 1. The Morgan fingerprint density at radius 3 is 2.32 bits per heavy atom. The maximum atomic E-state index is 13.4. The highest BCUT2D eigenvalue weighted by atomic mass is 16.5. The van der Waals surface area contributed by atoms with E-state index in [1.807, 2.05) is 13.8 Å². The molecule has 0 heterocycles. The summed E-state index contributed by atoms with van der Waals surface area (Å²) in [7, 11) is 1.48. The zero-order chi connectivity index (χ0) is 27.4. The molecule has 0 bridgehead atoms. The van der Waals surface area contributed by atoms with E-state index in [2.05, 4.69) is 33.8 Å². The van der Waals surface area contributed by atoms with E-state index in [-0.39, 0.29) is 52.5 Å². The molecule has 37 heavy (non-hydrogen) atoms. The van der Waals surface area contributed by atoms with Crippen LogP contribution in [0.25, 0.3) is 0 Å². The van der Waals surface area contributed by atoms with Gasteiger partial charge < -0.3 is 25.2 Å². The molecule has 0 saturated heterocycles. The quantitative estimate of drug-likeness (QED) is 0.322. The number of aliphatic hydroxyl groups excluding tert-OH is 3. The highest BCUT2D eigenvalue weighted by Crippen LogP contribution is 2.76. The van der Waals surface area contributed by atoms with Gasteiger partial charge in [-0.25, -0.2) is 0 Å². The number of carbonyl (C=O) groups is 1. The zero-order valence-corrected chi connectivity index (χ0v) is 24.0. The van der Waals surface area contributed by atoms with Crippen LogP contribution >= 0.6 is 0 Å². The first kappa shape index (κ1) is 27.6. The first-order valence-corrected chi connectivity index (χ1v) is 14.6. The Labute approximate surface area is 222 Å². The van der Waals surface area contributed by atoms with Crippen LogP contribution in [0.1, 0.15) is 92.9 Å². The van der Waals surface area contributed by atoms with E-state index < -0.39 is 28.6 Å². The molecule has 12 atom stereocenters. The van der Waals surface area contributed by atoms with Gasteiger partial charge in [-0.15, -0.1) is 0 Å². The van der Waals surface area contributed by atoms with E-state index in [9.17, 15) is 25.2 Å². The minimum Gasteiger partial charge on any atom is -0.469 e. The van der Waals surface area contributed by atoms with Crippen LogP contribution < -0.4 is 0 Å². The molecule has 0 aromatic carbocycles. The third-order valence-corrected chi connectivity index (χ3v) is 13.7. The zero-order valence-electron chi connectivity index (χ0n) is 24.0. The summed E-state index contributed by atoms with van der Waals surface area (Å²) in [4.78, 5) is 13.4. The molecule has 210 valence electrons. The summed E-state index contributed by atoms with van der Waals surface area (Å²) in [5, 5.41) is 44.5. The van der Waals surface area contributed by atoms with Crippen molar-refractivity contribution in [2.45, 2.75) is 111 Å². The topological polar surface area (TPSA) is 107 Å². The Morgan fingerprint density at radius 1 is 1.03 bits per heavy atom. The first-order chi connectivity index (χ1) is 17.1. The first-order valence-electron chi connectivity index (χ1n) is 14.6. The fourth-order valence-corrected chi connectivity index (χ4v) is 11.2. The molecule has 4 fully saturated rings. The molecule has 5 rings (SSSR count). The highest BCUT2D eigenvalue weighted by molar-refractivity contribution is 5.79. The molecule has 0 radical (unpaired) electrons. The van der Waals surface area contributed by atoms with Crippen LogP contribution in [0, 0.1) is 50.7 Å². The summed E-state index contributed by atoms with van der Waals surface area (Å²) in [6.07, 6.45) is 6.86. The number of hydrogen-bond donors (Lipinski definition) is 4. The minimum absolute atomic E-state index is 0.0811. The minimum atomic E-state index is -1.01. The SMILES string of the molecule is COC(=O)[C@]12CC[C@@H](C)[C@@](C)(O)[C@H]1C1=CC[C@@H]3[C@@]4(C)C[C@@H](O)[C@H](O)[C@@](C)(CO)[C@@H]4CC[C@@]3(C)[C@]1(C)CC2. The second-order valence-electron chi connectivity index (χ2n) is 14.9. The van der Waals surface area contributed by atoms with Gasteiger partial charge in [0.2, 0.25) is 0 Å². The van der Waals surface area contributed by atoms with Crippen LogP contribution in [0.2, 0.25) is 0 Å². The van der Waals surface area contributed by atoms with Crippen molar-refractivity contribution in [2.24, 2.45) is 50.7 Å².